The van der Waals surface area contributed by atoms with Crippen molar-refractivity contribution < 1.29 is 0 Å². The number of hydrogen-bond donors (Lipinski definition) is 2. The number of nitrogens with zero attached hydrogens (tertiary/aromatic N) is 4. The highest BCUT2D eigenvalue weighted by Gasteiger charge is 2.10. The Morgan fingerprint density at radius 2 is 1.88 bits per heavy atom. The van der Waals surface area contributed by atoms with Crippen LogP contribution in [0.15, 0.2) is 4.99 Å². The molecule has 2 N–H and O–H groups in total. The van der Waals surface area contributed by atoms with Crippen LogP contribution in [-0.4, -0.2) is 59.9 Å². The van der Waals surface area contributed by atoms with E-state index in [4.69, 9.17) is 4.99 Å². The van der Waals surface area contributed by atoms with Crippen molar-refractivity contribution in [2.45, 2.75) is 46.5 Å². The maximum absolute atomic E-state index is 4.72. The van der Waals surface area contributed by atoms with Gasteiger partial charge in [0.25, 0.3) is 0 Å². The Balaban J connectivity index is 0.00000312. The Bertz CT molecular complexity index is 534. The molecule has 0 saturated carbocycles. The van der Waals surface area contributed by atoms with E-state index in [1.165, 1.54) is 43.6 Å². The molecule has 2 rings (SSSR count). The van der Waals surface area contributed by atoms with Crippen LogP contribution in [0, 0.1) is 13.8 Å². The van der Waals surface area contributed by atoms with Crippen LogP contribution < -0.4 is 10.6 Å². The number of halogens is 1. The van der Waals surface area contributed by atoms with Crippen LogP contribution >= 0.6 is 24.0 Å². The number of nitrogens with one attached hydrogen (secondary N) is 2. The predicted octanol–water partition coefficient (Wildman–Crippen LogP) is 2.24. The molecule has 144 valence electrons. The molecule has 1 aliphatic rings. The van der Waals surface area contributed by atoms with Gasteiger partial charge in [-0.2, -0.15) is 5.10 Å². The molecule has 0 bridgehead atoms. The van der Waals surface area contributed by atoms with Crippen molar-refractivity contribution in [1.82, 2.24) is 25.3 Å². The number of likely N-dealkylation sites (tertiary alicyclic amines) is 1. The van der Waals surface area contributed by atoms with Crippen LogP contribution in [0.4, 0.5) is 0 Å². The van der Waals surface area contributed by atoms with Gasteiger partial charge in [0.15, 0.2) is 5.96 Å². The topological polar surface area (TPSA) is 57.5 Å². The Labute approximate surface area is 169 Å². The SMILES string of the molecule is CCNC(=NCCN1CCCCC1)NCCc1c(C)nn(C)c1C.I. The molecule has 0 aromatic carbocycles. The van der Waals surface area contributed by atoms with Crippen LogP contribution in [0.25, 0.3) is 0 Å². The largest absolute Gasteiger partial charge is 0.357 e. The smallest absolute Gasteiger partial charge is 0.191 e. The molecule has 1 aromatic rings. The summed E-state index contributed by atoms with van der Waals surface area (Å²) < 4.78 is 1.96. The number of aliphatic imine (C=N–C) groups is 1. The van der Waals surface area contributed by atoms with E-state index < -0.39 is 0 Å². The maximum Gasteiger partial charge on any atom is 0.191 e. The first-order valence-corrected chi connectivity index (χ1v) is 9.35. The maximum atomic E-state index is 4.72. The Morgan fingerprint density at radius 1 is 1.16 bits per heavy atom. The second-order valence-electron chi connectivity index (χ2n) is 6.61. The van der Waals surface area contributed by atoms with Crippen molar-refractivity contribution in [3.05, 3.63) is 17.0 Å². The lowest BCUT2D eigenvalue weighted by molar-refractivity contribution is 0.235. The highest BCUT2D eigenvalue weighted by atomic mass is 127. The van der Waals surface area contributed by atoms with Gasteiger partial charge in [0.2, 0.25) is 0 Å². The van der Waals surface area contributed by atoms with E-state index in [0.29, 0.717) is 0 Å². The molecule has 0 amide bonds. The van der Waals surface area contributed by atoms with Crippen molar-refractivity contribution in [2.75, 3.05) is 39.3 Å². The van der Waals surface area contributed by atoms with E-state index in [9.17, 15) is 0 Å². The summed E-state index contributed by atoms with van der Waals surface area (Å²) >= 11 is 0. The van der Waals surface area contributed by atoms with Gasteiger partial charge in [0.1, 0.15) is 0 Å². The van der Waals surface area contributed by atoms with Crippen molar-refractivity contribution in [3.63, 3.8) is 0 Å². The molecule has 0 aliphatic carbocycles. The van der Waals surface area contributed by atoms with Gasteiger partial charge in [-0.3, -0.25) is 9.67 Å². The fourth-order valence-electron chi connectivity index (χ4n) is 3.31. The molecule has 7 heteroatoms. The average Bonchev–Trinajstić information content (AvgIpc) is 2.82. The van der Waals surface area contributed by atoms with E-state index in [1.807, 2.05) is 11.7 Å². The predicted molar refractivity (Wildman–Crippen MR) is 116 cm³/mol. The molecule has 2 heterocycles. The standard InChI is InChI=1S/C18H34N6.HI/c1-5-19-18(21-11-14-24-12-7-6-8-13-24)20-10-9-17-15(2)22-23(4)16(17)3;/h5-14H2,1-4H3,(H2,19,20,21);1H. The fraction of sp³-hybridized carbons (Fsp3) is 0.778. The molecule has 1 aromatic heterocycles. The summed E-state index contributed by atoms with van der Waals surface area (Å²) in [6.45, 7) is 12.5. The molecular weight excluding hydrogens is 427 g/mol. The summed E-state index contributed by atoms with van der Waals surface area (Å²) in [5.74, 6) is 0.925. The second kappa shape index (κ2) is 11.7. The van der Waals surface area contributed by atoms with Crippen molar-refractivity contribution >= 4 is 29.9 Å². The molecule has 6 nitrogen and oxygen atoms in total. The third-order valence-corrected chi connectivity index (χ3v) is 4.81. The average molecular weight is 462 g/mol. The van der Waals surface area contributed by atoms with Crippen LogP contribution in [0.5, 0.6) is 0 Å². The van der Waals surface area contributed by atoms with Gasteiger partial charge in [-0.25, -0.2) is 0 Å². The first-order valence-electron chi connectivity index (χ1n) is 9.35. The van der Waals surface area contributed by atoms with Gasteiger partial charge in [-0.1, -0.05) is 6.42 Å². The highest BCUT2D eigenvalue weighted by molar-refractivity contribution is 14.0. The minimum Gasteiger partial charge on any atom is -0.357 e. The van der Waals surface area contributed by atoms with E-state index in [-0.39, 0.29) is 24.0 Å². The molecule has 0 atom stereocenters. The number of piperidine rings is 1. The molecule has 1 fully saturated rings. The van der Waals surface area contributed by atoms with E-state index in [1.54, 1.807) is 0 Å². The molecule has 0 unspecified atom stereocenters. The van der Waals surface area contributed by atoms with E-state index in [0.717, 1.165) is 44.3 Å². The zero-order chi connectivity index (χ0) is 17.4. The molecular formula is C18H35IN6. The zero-order valence-electron chi connectivity index (χ0n) is 16.3. The number of aromatic nitrogens is 2. The lowest BCUT2D eigenvalue weighted by Gasteiger charge is -2.25. The summed E-state index contributed by atoms with van der Waals surface area (Å²) in [7, 11) is 2.01. The lowest BCUT2D eigenvalue weighted by atomic mass is 10.1. The number of guanidine groups is 1. The van der Waals surface area contributed by atoms with Gasteiger partial charge in [0.05, 0.1) is 12.2 Å². The van der Waals surface area contributed by atoms with Crippen LogP contribution in [0.3, 0.4) is 0 Å². The first kappa shape index (κ1) is 22.2. The number of rotatable bonds is 7. The fourth-order valence-corrected chi connectivity index (χ4v) is 3.31. The molecule has 1 saturated heterocycles. The van der Waals surface area contributed by atoms with Gasteiger partial charge in [0, 0.05) is 32.4 Å². The summed E-state index contributed by atoms with van der Waals surface area (Å²) in [4.78, 5) is 7.25. The number of hydrogen-bond acceptors (Lipinski definition) is 3. The third kappa shape index (κ3) is 7.13. The molecule has 0 radical (unpaired) electrons. The summed E-state index contributed by atoms with van der Waals surface area (Å²) in [6, 6.07) is 0. The Morgan fingerprint density at radius 3 is 2.48 bits per heavy atom. The van der Waals surface area contributed by atoms with Crippen LogP contribution in [0.1, 0.15) is 43.1 Å². The quantitative estimate of drug-likeness (QED) is 0.371. The summed E-state index contributed by atoms with van der Waals surface area (Å²) in [6.07, 6.45) is 5.04. The zero-order valence-corrected chi connectivity index (χ0v) is 18.6. The lowest BCUT2D eigenvalue weighted by Crippen LogP contribution is -2.39. The minimum absolute atomic E-state index is 0. The van der Waals surface area contributed by atoms with Crippen LogP contribution in [0.2, 0.25) is 0 Å². The van der Waals surface area contributed by atoms with Crippen molar-refractivity contribution in [3.8, 4) is 0 Å². The van der Waals surface area contributed by atoms with E-state index >= 15 is 0 Å². The molecule has 25 heavy (non-hydrogen) atoms. The van der Waals surface area contributed by atoms with Crippen molar-refractivity contribution in [1.29, 1.82) is 0 Å². The third-order valence-electron chi connectivity index (χ3n) is 4.81. The minimum atomic E-state index is 0. The van der Waals surface area contributed by atoms with Gasteiger partial charge >= 0.3 is 0 Å². The summed E-state index contributed by atoms with van der Waals surface area (Å²) in [5.41, 5.74) is 3.72. The van der Waals surface area contributed by atoms with Gasteiger partial charge in [-0.15, -0.1) is 24.0 Å². The van der Waals surface area contributed by atoms with Gasteiger partial charge < -0.3 is 15.5 Å². The van der Waals surface area contributed by atoms with Crippen molar-refractivity contribution in [2.24, 2.45) is 12.0 Å². The molecule has 0 spiro atoms. The van der Waals surface area contributed by atoms with Gasteiger partial charge in [-0.05, 0) is 58.7 Å². The normalized spacial score (nSPS) is 15.8. The summed E-state index contributed by atoms with van der Waals surface area (Å²) in [5, 5.41) is 11.3. The number of aryl methyl sites for hydroxylation is 2. The Hall–Kier alpha value is -0.830. The monoisotopic (exact) mass is 462 g/mol. The van der Waals surface area contributed by atoms with E-state index in [2.05, 4.69) is 41.4 Å². The second-order valence-corrected chi connectivity index (χ2v) is 6.61. The molecule has 1 aliphatic heterocycles. The van der Waals surface area contributed by atoms with Crippen LogP contribution in [-0.2, 0) is 13.5 Å². The highest BCUT2D eigenvalue weighted by Crippen LogP contribution is 2.11. The Kier molecular flexibility index (Phi) is 10.4. The first-order chi connectivity index (χ1) is 11.6.